The van der Waals surface area contributed by atoms with Crippen LogP contribution in [0.1, 0.15) is 31.9 Å². The Bertz CT molecular complexity index is 380. The van der Waals surface area contributed by atoms with Crippen LogP contribution in [0.4, 0.5) is 0 Å². The monoisotopic (exact) mass is 250 g/mol. The lowest BCUT2D eigenvalue weighted by Gasteiger charge is -2.17. The summed E-state index contributed by atoms with van der Waals surface area (Å²) in [7, 11) is 1.67. The van der Waals surface area contributed by atoms with Gasteiger partial charge in [0.25, 0.3) is 0 Å². The third-order valence-corrected chi connectivity index (χ3v) is 2.78. The van der Waals surface area contributed by atoms with Gasteiger partial charge in [-0.2, -0.15) is 0 Å². The maximum absolute atomic E-state index is 11.3. The largest absolute Gasteiger partial charge is 0.496 e. The van der Waals surface area contributed by atoms with E-state index in [1.165, 1.54) is 0 Å². The smallest absolute Gasteiger partial charge is 0.221 e. The Morgan fingerprint density at radius 2 is 2.11 bits per heavy atom. The van der Waals surface area contributed by atoms with Gasteiger partial charge in [0.2, 0.25) is 5.91 Å². The molecule has 0 bridgehead atoms. The molecule has 100 valence electrons. The van der Waals surface area contributed by atoms with Crippen molar-refractivity contribution in [3.63, 3.8) is 0 Å². The second-order valence-electron chi connectivity index (χ2n) is 4.12. The molecule has 0 aliphatic rings. The SMILES string of the molecule is CCNC(=O)CCN[C@H](C)c1ccccc1OC. The highest BCUT2D eigenvalue weighted by atomic mass is 16.5. The van der Waals surface area contributed by atoms with Crippen LogP contribution in [0.5, 0.6) is 5.75 Å². The fourth-order valence-corrected chi connectivity index (χ4v) is 1.82. The fourth-order valence-electron chi connectivity index (χ4n) is 1.82. The van der Waals surface area contributed by atoms with Gasteiger partial charge in [0.15, 0.2) is 0 Å². The van der Waals surface area contributed by atoms with Gasteiger partial charge < -0.3 is 15.4 Å². The highest BCUT2D eigenvalue weighted by Crippen LogP contribution is 2.23. The quantitative estimate of drug-likeness (QED) is 0.776. The Morgan fingerprint density at radius 3 is 2.78 bits per heavy atom. The van der Waals surface area contributed by atoms with Crippen LogP contribution in [-0.2, 0) is 4.79 Å². The molecule has 0 radical (unpaired) electrons. The van der Waals surface area contributed by atoms with Gasteiger partial charge in [-0.25, -0.2) is 0 Å². The minimum absolute atomic E-state index is 0.0808. The lowest BCUT2D eigenvalue weighted by atomic mass is 10.1. The van der Waals surface area contributed by atoms with Crippen LogP contribution >= 0.6 is 0 Å². The van der Waals surface area contributed by atoms with Crippen molar-refractivity contribution in [2.75, 3.05) is 20.2 Å². The molecule has 0 saturated carbocycles. The summed E-state index contributed by atoms with van der Waals surface area (Å²) in [5.41, 5.74) is 1.11. The van der Waals surface area contributed by atoms with Crippen LogP contribution in [0, 0.1) is 0 Å². The molecule has 0 aromatic heterocycles. The van der Waals surface area contributed by atoms with Crippen molar-refractivity contribution >= 4 is 5.91 Å². The maximum atomic E-state index is 11.3. The van der Waals surface area contributed by atoms with Gasteiger partial charge in [0.1, 0.15) is 5.75 Å². The maximum Gasteiger partial charge on any atom is 0.221 e. The van der Waals surface area contributed by atoms with Crippen molar-refractivity contribution in [3.05, 3.63) is 29.8 Å². The lowest BCUT2D eigenvalue weighted by molar-refractivity contribution is -0.120. The Kier molecular flexibility index (Phi) is 6.22. The van der Waals surface area contributed by atoms with E-state index in [1.54, 1.807) is 7.11 Å². The molecule has 1 amide bonds. The topological polar surface area (TPSA) is 50.4 Å². The Hall–Kier alpha value is -1.55. The molecule has 0 fully saturated rings. The van der Waals surface area contributed by atoms with Crippen molar-refractivity contribution < 1.29 is 9.53 Å². The van der Waals surface area contributed by atoms with Gasteiger partial charge in [-0.05, 0) is 19.9 Å². The van der Waals surface area contributed by atoms with Crippen LogP contribution in [0.2, 0.25) is 0 Å². The summed E-state index contributed by atoms with van der Waals surface area (Å²) in [6, 6.07) is 8.07. The molecule has 0 saturated heterocycles. The predicted molar refractivity (Wildman–Crippen MR) is 72.7 cm³/mol. The molecule has 0 aliphatic heterocycles. The highest BCUT2D eigenvalue weighted by molar-refractivity contribution is 5.75. The van der Waals surface area contributed by atoms with Gasteiger partial charge in [0, 0.05) is 31.1 Å². The number of rotatable bonds is 7. The molecule has 0 unspecified atom stereocenters. The molecule has 0 aliphatic carbocycles. The second kappa shape index (κ2) is 7.71. The number of carbonyl (C=O) groups is 1. The van der Waals surface area contributed by atoms with Gasteiger partial charge in [-0.3, -0.25) is 4.79 Å². The first-order chi connectivity index (χ1) is 8.69. The third-order valence-electron chi connectivity index (χ3n) is 2.78. The van der Waals surface area contributed by atoms with Gasteiger partial charge in [-0.1, -0.05) is 18.2 Å². The van der Waals surface area contributed by atoms with Crippen LogP contribution < -0.4 is 15.4 Å². The molecule has 2 N–H and O–H groups in total. The van der Waals surface area contributed by atoms with E-state index < -0.39 is 0 Å². The average Bonchev–Trinajstić information content (AvgIpc) is 2.38. The molecule has 0 spiro atoms. The van der Waals surface area contributed by atoms with E-state index >= 15 is 0 Å². The van der Waals surface area contributed by atoms with Crippen molar-refractivity contribution in [1.82, 2.24) is 10.6 Å². The number of hydrogen-bond donors (Lipinski definition) is 2. The molecule has 1 aromatic carbocycles. The van der Waals surface area contributed by atoms with Crippen LogP contribution in [-0.4, -0.2) is 26.1 Å². The van der Waals surface area contributed by atoms with Crippen molar-refractivity contribution in [2.24, 2.45) is 0 Å². The number of amides is 1. The van der Waals surface area contributed by atoms with E-state index in [0.29, 0.717) is 19.5 Å². The number of hydrogen-bond acceptors (Lipinski definition) is 3. The molecule has 0 heterocycles. The molecule has 4 heteroatoms. The number of para-hydroxylation sites is 1. The lowest BCUT2D eigenvalue weighted by Crippen LogP contribution is -2.28. The Morgan fingerprint density at radius 1 is 1.39 bits per heavy atom. The van der Waals surface area contributed by atoms with Crippen molar-refractivity contribution in [3.8, 4) is 5.75 Å². The van der Waals surface area contributed by atoms with E-state index in [0.717, 1.165) is 11.3 Å². The first kappa shape index (κ1) is 14.5. The van der Waals surface area contributed by atoms with Crippen molar-refractivity contribution in [2.45, 2.75) is 26.3 Å². The summed E-state index contributed by atoms with van der Waals surface area (Å²) in [5.74, 6) is 0.952. The van der Waals surface area contributed by atoms with E-state index in [1.807, 2.05) is 31.2 Å². The minimum atomic E-state index is 0.0808. The summed E-state index contributed by atoms with van der Waals surface area (Å²) >= 11 is 0. The molecular weight excluding hydrogens is 228 g/mol. The number of carbonyl (C=O) groups excluding carboxylic acids is 1. The molecule has 18 heavy (non-hydrogen) atoms. The normalized spacial score (nSPS) is 11.9. The number of methoxy groups -OCH3 is 1. The number of ether oxygens (including phenoxy) is 1. The van der Waals surface area contributed by atoms with Crippen LogP contribution in [0.15, 0.2) is 24.3 Å². The van der Waals surface area contributed by atoms with Crippen molar-refractivity contribution in [1.29, 1.82) is 0 Å². The van der Waals surface area contributed by atoms with E-state index in [9.17, 15) is 4.79 Å². The Labute approximate surface area is 109 Å². The number of benzene rings is 1. The second-order valence-corrected chi connectivity index (χ2v) is 4.12. The third kappa shape index (κ3) is 4.37. The first-order valence-electron chi connectivity index (χ1n) is 6.32. The first-order valence-corrected chi connectivity index (χ1v) is 6.32. The molecular formula is C14H22N2O2. The van der Waals surface area contributed by atoms with E-state index in [4.69, 9.17) is 4.74 Å². The Balaban J connectivity index is 2.45. The summed E-state index contributed by atoms with van der Waals surface area (Å²) in [5, 5.41) is 6.10. The van der Waals surface area contributed by atoms with Crippen LogP contribution in [0.3, 0.4) is 0 Å². The zero-order valence-electron chi connectivity index (χ0n) is 11.3. The van der Waals surface area contributed by atoms with Gasteiger partial charge in [-0.15, -0.1) is 0 Å². The fraction of sp³-hybridized carbons (Fsp3) is 0.500. The van der Waals surface area contributed by atoms with Gasteiger partial charge in [0.05, 0.1) is 7.11 Å². The molecule has 1 atom stereocenters. The standard InChI is InChI=1S/C14H22N2O2/c1-4-15-14(17)9-10-16-11(2)12-7-5-6-8-13(12)18-3/h5-8,11,16H,4,9-10H2,1-3H3,(H,15,17)/t11-/m1/s1. The zero-order chi connectivity index (χ0) is 13.4. The van der Waals surface area contributed by atoms with Crippen LogP contribution in [0.25, 0.3) is 0 Å². The molecule has 1 rings (SSSR count). The predicted octanol–water partition coefficient (Wildman–Crippen LogP) is 1.87. The summed E-state index contributed by atoms with van der Waals surface area (Å²) < 4.78 is 5.31. The van der Waals surface area contributed by atoms with E-state index in [2.05, 4.69) is 17.6 Å². The molecule has 4 nitrogen and oxygen atoms in total. The zero-order valence-corrected chi connectivity index (χ0v) is 11.3. The summed E-state index contributed by atoms with van der Waals surface area (Å²) in [6.45, 7) is 5.32. The minimum Gasteiger partial charge on any atom is -0.496 e. The number of nitrogens with one attached hydrogen (secondary N) is 2. The summed E-state index contributed by atoms with van der Waals surface area (Å²) in [4.78, 5) is 11.3. The van der Waals surface area contributed by atoms with E-state index in [-0.39, 0.29) is 11.9 Å². The average molecular weight is 250 g/mol. The molecule has 1 aromatic rings. The summed E-state index contributed by atoms with van der Waals surface area (Å²) in [6.07, 6.45) is 0.493. The van der Waals surface area contributed by atoms with Gasteiger partial charge >= 0.3 is 0 Å². The highest BCUT2D eigenvalue weighted by Gasteiger charge is 2.10.